The molecule has 0 atom stereocenters. The lowest BCUT2D eigenvalue weighted by molar-refractivity contribution is -0.387. The summed E-state index contributed by atoms with van der Waals surface area (Å²) in [6.07, 6.45) is 1.30. The normalized spacial score (nSPS) is 10.5. The van der Waals surface area contributed by atoms with Crippen LogP contribution in [0, 0.1) is 15.9 Å². The van der Waals surface area contributed by atoms with E-state index in [2.05, 4.69) is 4.98 Å². The topological polar surface area (TPSA) is 77.5 Å². The molecule has 0 N–H and O–H groups in total. The third-order valence-corrected chi connectivity index (χ3v) is 1.89. The molecule has 0 spiro atoms. The molecule has 0 saturated carbocycles. The van der Waals surface area contributed by atoms with Gasteiger partial charge >= 0.3 is 5.82 Å². The average Bonchev–Trinajstić information content (AvgIpc) is 2.55. The SMILES string of the molecule is O=Cc1nc([N+](=O)[O-])c2ccc(F)cn12. The Bertz CT molecular complexity index is 564. The Hall–Kier alpha value is -2.31. The fraction of sp³-hybridized carbons (Fsp3) is 0. The molecule has 0 aliphatic heterocycles. The van der Waals surface area contributed by atoms with Crippen LogP contribution in [0.3, 0.4) is 0 Å². The molecule has 0 unspecified atom stereocenters. The number of carbonyl (C=O) groups excluding carboxylic acids is 1. The van der Waals surface area contributed by atoms with Crippen molar-refractivity contribution in [2.24, 2.45) is 0 Å². The van der Waals surface area contributed by atoms with E-state index < -0.39 is 16.6 Å². The number of imidazole rings is 1. The summed E-state index contributed by atoms with van der Waals surface area (Å²) in [7, 11) is 0. The van der Waals surface area contributed by atoms with Crippen molar-refractivity contribution in [3.63, 3.8) is 0 Å². The van der Waals surface area contributed by atoms with E-state index in [1.807, 2.05) is 0 Å². The number of nitrogens with zero attached hydrogens (tertiary/aromatic N) is 3. The van der Waals surface area contributed by atoms with Gasteiger partial charge in [0.15, 0.2) is 0 Å². The quantitative estimate of drug-likeness (QED) is 0.423. The van der Waals surface area contributed by atoms with Crippen molar-refractivity contribution in [1.29, 1.82) is 0 Å². The molecule has 0 fully saturated rings. The zero-order chi connectivity index (χ0) is 11.0. The lowest BCUT2D eigenvalue weighted by Gasteiger charge is -1.93. The summed E-state index contributed by atoms with van der Waals surface area (Å²) in [5.41, 5.74) is 0.0866. The van der Waals surface area contributed by atoms with Gasteiger partial charge in [-0.2, -0.15) is 0 Å². The third kappa shape index (κ3) is 1.33. The summed E-state index contributed by atoms with van der Waals surface area (Å²) in [5.74, 6) is -1.26. The number of halogens is 1. The Morgan fingerprint density at radius 1 is 1.53 bits per heavy atom. The molecular formula is C8H4FN3O3. The van der Waals surface area contributed by atoms with Crippen LogP contribution in [0.5, 0.6) is 0 Å². The van der Waals surface area contributed by atoms with E-state index in [0.717, 1.165) is 16.7 Å². The van der Waals surface area contributed by atoms with E-state index in [1.54, 1.807) is 0 Å². The molecule has 0 radical (unpaired) electrons. The predicted molar refractivity (Wildman–Crippen MR) is 47.2 cm³/mol. The molecule has 6 nitrogen and oxygen atoms in total. The molecule has 7 heteroatoms. The molecular weight excluding hydrogens is 205 g/mol. The number of nitro groups is 1. The van der Waals surface area contributed by atoms with Gasteiger partial charge in [0.2, 0.25) is 6.29 Å². The van der Waals surface area contributed by atoms with Crippen LogP contribution >= 0.6 is 0 Å². The molecule has 2 aromatic rings. The Morgan fingerprint density at radius 3 is 2.87 bits per heavy atom. The highest BCUT2D eigenvalue weighted by atomic mass is 19.1. The van der Waals surface area contributed by atoms with Gasteiger partial charge in [-0.25, -0.2) is 4.39 Å². The van der Waals surface area contributed by atoms with Gasteiger partial charge in [-0.3, -0.25) is 9.20 Å². The molecule has 0 aliphatic carbocycles. The fourth-order valence-electron chi connectivity index (χ4n) is 1.28. The molecule has 15 heavy (non-hydrogen) atoms. The second kappa shape index (κ2) is 3.12. The maximum absolute atomic E-state index is 12.8. The highest BCUT2D eigenvalue weighted by Crippen LogP contribution is 2.19. The molecule has 0 aliphatic rings. The van der Waals surface area contributed by atoms with Crippen LogP contribution in [0.15, 0.2) is 18.3 Å². The van der Waals surface area contributed by atoms with E-state index in [9.17, 15) is 19.3 Å². The van der Waals surface area contributed by atoms with Gasteiger partial charge in [-0.1, -0.05) is 0 Å². The summed E-state index contributed by atoms with van der Waals surface area (Å²) in [6, 6.07) is 2.27. The highest BCUT2D eigenvalue weighted by molar-refractivity contribution is 5.76. The first-order chi connectivity index (χ1) is 7.13. The van der Waals surface area contributed by atoms with Crippen molar-refractivity contribution in [2.75, 3.05) is 0 Å². The summed E-state index contributed by atoms with van der Waals surface area (Å²) >= 11 is 0. The van der Waals surface area contributed by atoms with E-state index in [1.165, 1.54) is 6.07 Å². The number of carbonyl (C=O) groups is 1. The Labute approximate surface area is 82.1 Å². The maximum atomic E-state index is 12.8. The second-order valence-electron chi connectivity index (χ2n) is 2.77. The van der Waals surface area contributed by atoms with Crippen LogP contribution in [0.4, 0.5) is 10.2 Å². The van der Waals surface area contributed by atoms with Gasteiger partial charge in [0, 0.05) is 6.20 Å². The van der Waals surface area contributed by atoms with Crippen LogP contribution < -0.4 is 0 Å². The Kier molecular flexibility index (Phi) is 1.93. The van der Waals surface area contributed by atoms with Crippen LogP contribution in [0.1, 0.15) is 10.6 Å². The monoisotopic (exact) mass is 209 g/mol. The van der Waals surface area contributed by atoms with Crippen LogP contribution in [-0.2, 0) is 0 Å². The number of hydrogen-bond donors (Lipinski definition) is 0. The highest BCUT2D eigenvalue weighted by Gasteiger charge is 2.21. The number of fused-ring (bicyclic) bond motifs is 1. The van der Waals surface area contributed by atoms with E-state index >= 15 is 0 Å². The minimum Gasteiger partial charge on any atom is -0.358 e. The molecule has 2 heterocycles. The van der Waals surface area contributed by atoms with Crippen molar-refractivity contribution in [1.82, 2.24) is 9.38 Å². The van der Waals surface area contributed by atoms with Crippen molar-refractivity contribution in [3.8, 4) is 0 Å². The number of aldehydes is 1. The number of pyridine rings is 1. The minimum absolute atomic E-state index is 0.0866. The van der Waals surface area contributed by atoms with Crippen molar-refractivity contribution < 1.29 is 14.1 Å². The first-order valence-electron chi connectivity index (χ1n) is 3.90. The van der Waals surface area contributed by atoms with Crippen molar-refractivity contribution >= 4 is 17.6 Å². The largest absolute Gasteiger partial charge is 0.390 e. The zero-order valence-electron chi connectivity index (χ0n) is 7.25. The molecule has 0 bridgehead atoms. The molecule has 2 aromatic heterocycles. The maximum Gasteiger partial charge on any atom is 0.390 e. The van der Waals surface area contributed by atoms with Gasteiger partial charge in [0.1, 0.15) is 11.3 Å². The van der Waals surface area contributed by atoms with Gasteiger partial charge in [0.25, 0.3) is 5.82 Å². The van der Waals surface area contributed by atoms with E-state index in [0.29, 0.717) is 6.29 Å². The van der Waals surface area contributed by atoms with Crippen molar-refractivity contribution in [2.45, 2.75) is 0 Å². The lowest BCUT2D eigenvalue weighted by Crippen LogP contribution is -1.92. The summed E-state index contributed by atoms with van der Waals surface area (Å²) < 4.78 is 13.9. The standard InChI is InChI=1S/C8H4FN3O3/c9-5-1-2-6-8(12(14)15)10-7(4-13)11(6)3-5/h1-4H. The zero-order valence-corrected chi connectivity index (χ0v) is 7.25. The third-order valence-electron chi connectivity index (χ3n) is 1.89. The lowest BCUT2D eigenvalue weighted by atomic mass is 10.4. The second-order valence-corrected chi connectivity index (χ2v) is 2.77. The predicted octanol–water partition coefficient (Wildman–Crippen LogP) is 1.19. The first-order valence-corrected chi connectivity index (χ1v) is 3.90. The fourth-order valence-corrected chi connectivity index (χ4v) is 1.28. The smallest absolute Gasteiger partial charge is 0.358 e. The van der Waals surface area contributed by atoms with Gasteiger partial charge < -0.3 is 10.1 Å². The van der Waals surface area contributed by atoms with Crippen LogP contribution in [0.2, 0.25) is 0 Å². The Morgan fingerprint density at radius 2 is 2.27 bits per heavy atom. The molecule has 0 aromatic carbocycles. The first kappa shape index (κ1) is 9.25. The van der Waals surface area contributed by atoms with E-state index in [4.69, 9.17) is 0 Å². The molecule has 76 valence electrons. The summed E-state index contributed by atoms with van der Waals surface area (Å²) in [4.78, 5) is 23.8. The van der Waals surface area contributed by atoms with E-state index in [-0.39, 0.29) is 11.3 Å². The van der Waals surface area contributed by atoms with Gasteiger partial charge in [-0.15, -0.1) is 0 Å². The van der Waals surface area contributed by atoms with Crippen LogP contribution in [0.25, 0.3) is 5.52 Å². The Balaban J connectivity index is 2.86. The number of aromatic nitrogens is 2. The average molecular weight is 209 g/mol. The number of rotatable bonds is 2. The summed E-state index contributed by atoms with van der Waals surface area (Å²) in [6.45, 7) is 0. The molecule has 2 rings (SSSR count). The van der Waals surface area contributed by atoms with Crippen molar-refractivity contribution in [3.05, 3.63) is 40.1 Å². The minimum atomic E-state index is -0.722. The number of hydrogen-bond acceptors (Lipinski definition) is 4. The summed E-state index contributed by atoms with van der Waals surface area (Å²) in [5, 5.41) is 10.5. The van der Waals surface area contributed by atoms with Crippen LogP contribution in [-0.4, -0.2) is 20.6 Å². The van der Waals surface area contributed by atoms with Gasteiger partial charge in [0.05, 0.1) is 0 Å². The molecule has 0 amide bonds. The molecule has 0 saturated heterocycles. The van der Waals surface area contributed by atoms with Gasteiger partial charge in [-0.05, 0) is 22.0 Å².